The number of aliphatic carboxylic acids is 1. The topological polar surface area (TPSA) is 95.6 Å². The molecule has 0 saturated heterocycles. The molecule has 1 N–H and O–H groups in total. The lowest BCUT2D eigenvalue weighted by Gasteiger charge is -2.12. The molecule has 1 aromatic heterocycles. The normalized spacial score (nSPS) is 11.4. The summed E-state index contributed by atoms with van der Waals surface area (Å²) < 4.78 is 53.0. The van der Waals surface area contributed by atoms with Crippen LogP contribution >= 0.6 is 0 Å². The first-order chi connectivity index (χ1) is 22.1. The summed E-state index contributed by atoms with van der Waals surface area (Å²) in [4.78, 5) is 25.0. The quantitative estimate of drug-likeness (QED) is 0.161. The number of halogens is 3. The Kier molecular flexibility index (Phi) is 9.60. The van der Waals surface area contributed by atoms with Gasteiger partial charge in [0.2, 0.25) is 0 Å². The lowest BCUT2D eigenvalue weighted by atomic mass is 9.98. The van der Waals surface area contributed by atoms with Crippen LogP contribution in [0.4, 0.5) is 13.2 Å². The van der Waals surface area contributed by atoms with Gasteiger partial charge >= 0.3 is 17.8 Å². The number of carboxylic acid groups (broad SMARTS) is 1. The number of hydrogen-bond acceptors (Lipinski definition) is 5. The number of nitrogens with zero attached hydrogens (tertiary/aromatic N) is 3. The highest BCUT2D eigenvalue weighted by Crippen LogP contribution is 2.30. The monoisotopic (exact) mass is 631 g/mol. The van der Waals surface area contributed by atoms with Gasteiger partial charge in [0.05, 0.1) is 37.1 Å². The number of carbonyl (C=O) groups is 1. The molecule has 8 nitrogen and oxygen atoms in total. The predicted molar refractivity (Wildman–Crippen MR) is 167 cm³/mol. The van der Waals surface area contributed by atoms with Gasteiger partial charge in [-0.15, -0.1) is 5.10 Å². The van der Waals surface area contributed by atoms with Gasteiger partial charge in [-0.25, -0.2) is 9.36 Å². The van der Waals surface area contributed by atoms with Gasteiger partial charge in [-0.2, -0.15) is 17.9 Å². The summed E-state index contributed by atoms with van der Waals surface area (Å²) in [5, 5.41) is 13.9. The molecular formula is C35H32F3N3O5. The van der Waals surface area contributed by atoms with Gasteiger partial charge < -0.3 is 14.6 Å². The molecule has 5 rings (SSSR count). The molecule has 0 fully saturated rings. The maximum atomic E-state index is 13.6. The van der Waals surface area contributed by atoms with Crippen LogP contribution in [-0.4, -0.2) is 39.1 Å². The molecule has 46 heavy (non-hydrogen) atoms. The number of methoxy groups -OCH3 is 1. The van der Waals surface area contributed by atoms with Gasteiger partial charge in [0.15, 0.2) is 0 Å². The maximum Gasteiger partial charge on any atom is 0.416 e. The smallest absolute Gasteiger partial charge is 0.416 e. The van der Waals surface area contributed by atoms with Crippen LogP contribution in [0.1, 0.15) is 35.9 Å². The summed E-state index contributed by atoms with van der Waals surface area (Å²) in [7, 11) is 1.49. The summed E-state index contributed by atoms with van der Waals surface area (Å²) in [6, 6.07) is 24.7. The first-order valence-electron chi connectivity index (χ1n) is 14.7. The number of ether oxygens (including phenoxy) is 2. The molecule has 4 aromatic carbocycles. The van der Waals surface area contributed by atoms with Crippen LogP contribution in [0.25, 0.3) is 22.5 Å². The number of carboxylic acids is 1. The van der Waals surface area contributed by atoms with Crippen molar-refractivity contribution in [3.63, 3.8) is 0 Å². The largest absolute Gasteiger partial charge is 0.495 e. The van der Waals surface area contributed by atoms with E-state index in [9.17, 15) is 27.9 Å². The molecule has 1 heterocycles. The Morgan fingerprint density at radius 3 is 2.24 bits per heavy atom. The fourth-order valence-electron chi connectivity index (χ4n) is 5.26. The van der Waals surface area contributed by atoms with Gasteiger partial charge in [-0.1, -0.05) is 42.5 Å². The van der Waals surface area contributed by atoms with Crippen molar-refractivity contribution in [2.24, 2.45) is 0 Å². The van der Waals surface area contributed by atoms with Crippen LogP contribution in [0.3, 0.4) is 0 Å². The third-order valence-corrected chi connectivity index (χ3v) is 7.47. The summed E-state index contributed by atoms with van der Waals surface area (Å²) in [5.41, 5.74) is 2.81. The molecule has 5 aromatic rings. The average Bonchev–Trinajstić information content (AvgIpc) is 3.37. The zero-order chi connectivity index (χ0) is 32.8. The predicted octanol–water partition coefficient (Wildman–Crippen LogP) is 6.92. The lowest BCUT2D eigenvalue weighted by molar-refractivity contribution is -0.138. The van der Waals surface area contributed by atoms with E-state index >= 15 is 0 Å². The molecule has 0 aliphatic carbocycles. The van der Waals surface area contributed by atoms with Gasteiger partial charge in [0.25, 0.3) is 0 Å². The second-order valence-corrected chi connectivity index (χ2v) is 10.5. The maximum absolute atomic E-state index is 13.6. The van der Waals surface area contributed by atoms with Crippen molar-refractivity contribution in [2.45, 2.75) is 38.8 Å². The molecule has 0 unspecified atom stereocenters. The van der Waals surface area contributed by atoms with Gasteiger partial charge in [-0.05, 0) is 85.0 Å². The van der Waals surface area contributed by atoms with Crippen molar-refractivity contribution in [3.8, 4) is 34.0 Å². The highest BCUT2D eigenvalue weighted by atomic mass is 19.4. The zero-order valence-corrected chi connectivity index (χ0v) is 25.3. The fourth-order valence-corrected chi connectivity index (χ4v) is 5.26. The minimum atomic E-state index is -4.50. The second-order valence-electron chi connectivity index (χ2n) is 10.5. The molecule has 0 amide bonds. The standard InChI is InChI=1S/C35H32F3N3O5/c1-3-46-30-20-15-25(21-26(30)22-33(42)43)24-13-11-23(12-14-24)7-6-10-32-39-41(28-18-16-27(17-19-28)35(36,37)38)34(44)40(32)29-8-4-5-9-31(29)45-2/h4-5,8-9,11-21H,3,6-7,10,22H2,1-2H3,(H,42,43). The fraction of sp³-hybridized carbons (Fsp3) is 0.229. The molecule has 11 heteroatoms. The molecule has 238 valence electrons. The summed E-state index contributed by atoms with van der Waals surface area (Å²) >= 11 is 0. The van der Waals surface area contributed by atoms with Crippen LogP contribution < -0.4 is 15.2 Å². The van der Waals surface area contributed by atoms with E-state index in [1.54, 1.807) is 30.3 Å². The van der Waals surface area contributed by atoms with Crippen LogP contribution in [0.5, 0.6) is 11.5 Å². The van der Waals surface area contributed by atoms with Crippen molar-refractivity contribution in [2.75, 3.05) is 13.7 Å². The molecule has 0 aliphatic heterocycles. The van der Waals surface area contributed by atoms with Crippen LogP contribution in [0.15, 0.2) is 95.8 Å². The third-order valence-electron chi connectivity index (χ3n) is 7.47. The Morgan fingerprint density at radius 2 is 1.59 bits per heavy atom. The minimum Gasteiger partial charge on any atom is -0.495 e. The SMILES string of the molecule is CCOc1ccc(-c2ccc(CCCc3nn(-c4ccc(C(F)(F)F)cc4)c(=O)n3-c3ccccc3OC)cc2)cc1CC(=O)O. The van der Waals surface area contributed by atoms with E-state index in [0.717, 1.165) is 33.5 Å². The van der Waals surface area contributed by atoms with Crippen molar-refractivity contribution in [1.82, 2.24) is 14.3 Å². The van der Waals surface area contributed by atoms with Crippen molar-refractivity contribution in [3.05, 3.63) is 124 Å². The van der Waals surface area contributed by atoms with Gasteiger partial charge in [0.1, 0.15) is 17.3 Å². The molecule has 0 aliphatic rings. The molecule has 0 radical (unpaired) electrons. The number of alkyl halides is 3. The van der Waals surface area contributed by atoms with Crippen molar-refractivity contribution < 1.29 is 32.5 Å². The Hall–Kier alpha value is -5.32. The highest BCUT2D eigenvalue weighted by Gasteiger charge is 2.30. The van der Waals surface area contributed by atoms with E-state index in [1.807, 2.05) is 43.3 Å². The number of aryl methyl sites for hydroxylation is 2. The third kappa shape index (κ3) is 7.14. The van der Waals surface area contributed by atoms with Gasteiger partial charge in [-0.3, -0.25) is 4.79 Å². The lowest BCUT2D eigenvalue weighted by Crippen LogP contribution is -2.23. The molecule has 0 bridgehead atoms. The minimum absolute atomic E-state index is 0.143. The Bertz CT molecular complexity index is 1880. The van der Waals surface area contributed by atoms with Gasteiger partial charge in [0, 0.05) is 12.0 Å². The summed E-state index contributed by atoms with van der Waals surface area (Å²) in [5.74, 6) is 0.506. The molecule has 0 spiro atoms. The summed E-state index contributed by atoms with van der Waals surface area (Å²) in [6.45, 7) is 2.28. The van der Waals surface area contributed by atoms with E-state index in [2.05, 4.69) is 5.10 Å². The van der Waals surface area contributed by atoms with E-state index in [0.29, 0.717) is 54.4 Å². The van der Waals surface area contributed by atoms with Crippen LogP contribution in [-0.2, 0) is 30.2 Å². The molecule has 0 atom stereocenters. The van der Waals surface area contributed by atoms with E-state index in [-0.39, 0.29) is 12.1 Å². The van der Waals surface area contributed by atoms with E-state index in [4.69, 9.17) is 9.47 Å². The first kappa shape index (κ1) is 32.1. The number of hydrogen-bond donors (Lipinski definition) is 1. The van der Waals surface area contributed by atoms with Crippen molar-refractivity contribution in [1.29, 1.82) is 0 Å². The second kappa shape index (κ2) is 13.8. The number of benzene rings is 4. The van der Waals surface area contributed by atoms with Crippen LogP contribution in [0.2, 0.25) is 0 Å². The molecular weight excluding hydrogens is 599 g/mol. The zero-order valence-electron chi connectivity index (χ0n) is 25.3. The Labute approximate surface area is 263 Å². The Morgan fingerprint density at radius 1 is 0.891 bits per heavy atom. The average molecular weight is 632 g/mol. The van der Waals surface area contributed by atoms with Crippen LogP contribution in [0, 0.1) is 0 Å². The number of para-hydroxylation sites is 2. The number of rotatable bonds is 12. The number of aromatic nitrogens is 3. The van der Waals surface area contributed by atoms with E-state index in [1.165, 1.54) is 23.8 Å². The first-order valence-corrected chi connectivity index (χ1v) is 14.7. The molecule has 0 saturated carbocycles. The highest BCUT2D eigenvalue weighted by molar-refractivity contribution is 5.74. The Balaban J connectivity index is 1.37. The summed E-state index contributed by atoms with van der Waals surface area (Å²) in [6.07, 6.45) is -2.94. The van der Waals surface area contributed by atoms with E-state index < -0.39 is 23.4 Å². The van der Waals surface area contributed by atoms with Crippen molar-refractivity contribution >= 4 is 5.97 Å².